The average Bonchev–Trinajstić information content (AvgIpc) is 2.41. The SMILES string of the molecule is CN1CCN(C[C@H]2COc3ccccc3O2)CC1. The van der Waals surface area contributed by atoms with Gasteiger partial charge in [0.2, 0.25) is 0 Å². The van der Waals surface area contributed by atoms with E-state index in [1.165, 1.54) is 0 Å². The third-order valence-electron chi connectivity index (χ3n) is 3.63. The molecule has 2 aliphatic heterocycles. The van der Waals surface area contributed by atoms with Crippen LogP contribution in [0.25, 0.3) is 0 Å². The van der Waals surface area contributed by atoms with Crippen LogP contribution < -0.4 is 9.47 Å². The molecule has 18 heavy (non-hydrogen) atoms. The zero-order chi connectivity index (χ0) is 12.4. The number of hydrogen-bond acceptors (Lipinski definition) is 4. The Morgan fingerprint density at radius 1 is 1.11 bits per heavy atom. The maximum absolute atomic E-state index is 5.98. The van der Waals surface area contributed by atoms with Gasteiger partial charge in [-0.1, -0.05) is 12.1 Å². The lowest BCUT2D eigenvalue weighted by Crippen LogP contribution is -2.49. The molecule has 1 saturated heterocycles. The van der Waals surface area contributed by atoms with E-state index in [1.807, 2.05) is 24.3 Å². The molecular formula is C14H20N2O2. The van der Waals surface area contributed by atoms with Crippen LogP contribution in [0.4, 0.5) is 0 Å². The fraction of sp³-hybridized carbons (Fsp3) is 0.571. The summed E-state index contributed by atoms with van der Waals surface area (Å²) in [7, 11) is 2.17. The second kappa shape index (κ2) is 5.16. The van der Waals surface area contributed by atoms with Crippen LogP contribution in [0.15, 0.2) is 24.3 Å². The van der Waals surface area contributed by atoms with Crippen LogP contribution in [0.5, 0.6) is 11.5 Å². The summed E-state index contributed by atoms with van der Waals surface area (Å²) >= 11 is 0. The van der Waals surface area contributed by atoms with Crippen LogP contribution in [0, 0.1) is 0 Å². The second-order valence-corrected chi connectivity index (χ2v) is 5.10. The highest BCUT2D eigenvalue weighted by Gasteiger charge is 2.24. The summed E-state index contributed by atoms with van der Waals surface area (Å²) in [6, 6.07) is 7.90. The summed E-state index contributed by atoms with van der Waals surface area (Å²) < 4.78 is 11.7. The first-order valence-electron chi connectivity index (χ1n) is 6.60. The average molecular weight is 248 g/mol. The number of nitrogens with zero attached hydrogens (tertiary/aromatic N) is 2. The number of benzene rings is 1. The van der Waals surface area contributed by atoms with Crippen molar-refractivity contribution in [3.63, 3.8) is 0 Å². The molecule has 1 atom stereocenters. The quantitative estimate of drug-likeness (QED) is 0.782. The summed E-state index contributed by atoms with van der Waals surface area (Å²) in [5.74, 6) is 1.75. The lowest BCUT2D eigenvalue weighted by molar-refractivity contribution is 0.0440. The monoisotopic (exact) mass is 248 g/mol. The summed E-state index contributed by atoms with van der Waals surface area (Å²) in [4.78, 5) is 4.83. The molecule has 0 spiro atoms. The molecule has 1 aromatic rings. The topological polar surface area (TPSA) is 24.9 Å². The molecule has 0 amide bonds. The van der Waals surface area contributed by atoms with E-state index in [-0.39, 0.29) is 6.10 Å². The van der Waals surface area contributed by atoms with Gasteiger partial charge in [-0.25, -0.2) is 0 Å². The van der Waals surface area contributed by atoms with Gasteiger partial charge in [0.05, 0.1) is 0 Å². The maximum Gasteiger partial charge on any atom is 0.161 e. The normalized spacial score (nSPS) is 25.1. The van der Waals surface area contributed by atoms with E-state index in [4.69, 9.17) is 9.47 Å². The molecule has 0 bridgehead atoms. The van der Waals surface area contributed by atoms with Crippen molar-refractivity contribution in [3.8, 4) is 11.5 Å². The zero-order valence-corrected chi connectivity index (χ0v) is 10.8. The zero-order valence-electron chi connectivity index (χ0n) is 10.8. The van der Waals surface area contributed by atoms with Crippen molar-refractivity contribution in [2.24, 2.45) is 0 Å². The van der Waals surface area contributed by atoms with Gasteiger partial charge in [0, 0.05) is 32.7 Å². The first-order chi connectivity index (χ1) is 8.81. The summed E-state index contributed by atoms with van der Waals surface area (Å²) in [6.07, 6.45) is 0.156. The van der Waals surface area contributed by atoms with Gasteiger partial charge in [0.1, 0.15) is 12.7 Å². The smallest absolute Gasteiger partial charge is 0.161 e. The summed E-state index contributed by atoms with van der Waals surface area (Å²) in [5.41, 5.74) is 0. The molecule has 0 aliphatic carbocycles. The van der Waals surface area contributed by atoms with E-state index >= 15 is 0 Å². The van der Waals surface area contributed by atoms with E-state index in [9.17, 15) is 0 Å². The highest BCUT2D eigenvalue weighted by Crippen LogP contribution is 2.31. The number of likely N-dealkylation sites (N-methyl/N-ethyl adjacent to an activating group) is 1. The highest BCUT2D eigenvalue weighted by molar-refractivity contribution is 5.40. The summed E-state index contributed by atoms with van der Waals surface area (Å²) in [6.45, 7) is 6.15. The van der Waals surface area contributed by atoms with E-state index < -0.39 is 0 Å². The number of rotatable bonds is 2. The molecule has 0 aromatic heterocycles. The van der Waals surface area contributed by atoms with Crippen molar-refractivity contribution in [2.45, 2.75) is 6.10 Å². The number of fused-ring (bicyclic) bond motifs is 1. The minimum Gasteiger partial charge on any atom is -0.486 e. The predicted octanol–water partition coefficient (Wildman–Crippen LogP) is 1.07. The Balaban J connectivity index is 1.56. The largest absolute Gasteiger partial charge is 0.486 e. The van der Waals surface area contributed by atoms with Gasteiger partial charge in [-0.15, -0.1) is 0 Å². The van der Waals surface area contributed by atoms with Gasteiger partial charge in [0.25, 0.3) is 0 Å². The fourth-order valence-corrected chi connectivity index (χ4v) is 2.47. The molecule has 2 heterocycles. The molecule has 4 heteroatoms. The molecule has 1 fully saturated rings. The van der Waals surface area contributed by atoms with Crippen molar-refractivity contribution in [2.75, 3.05) is 46.4 Å². The van der Waals surface area contributed by atoms with Gasteiger partial charge in [-0.2, -0.15) is 0 Å². The Hall–Kier alpha value is -1.26. The molecule has 3 rings (SSSR count). The maximum atomic E-state index is 5.98. The van der Waals surface area contributed by atoms with Crippen LogP contribution in [0.3, 0.4) is 0 Å². The van der Waals surface area contributed by atoms with Gasteiger partial charge in [-0.3, -0.25) is 4.90 Å². The standard InChI is InChI=1S/C14H20N2O2/c1-15-6-8-16(9-7-15)10-12-11-17-13-4-2-3-5-14(13)18-12/h2-5,12H,6-11H2,1H3/t12-/m0/s1. The molecule has 0 N–H and O–H groups in total. The van der Waals surface area contributed by atoms with Gasteiger partial charge < -0.3 is 14.4 Å². The van der Waals surface area contributed by atoms with Crippen LogP contribution >= 0.6 is 0 Å². The molecule has 0 unspecified atom stereocenters. The lowest BCUT2D eigenvalue weighted by atomic mass is 10.2. The fourth-order valence-electron chi connectivity index (χ4n) is 2.47. The van der Waals surface area contributed by atoms with Crippen molar-refractivity contribution in [3.05, 3.63) is 24.3 Å². The lowest BCUT2D eigenvalue weighted by Gasteiger charge is -2.35. The summed E-state index contributed by atoms with van der Waals surface area (Å²) in [5, 5.41) is 0. The molecule has 4 nitrogen and oxygen atoms in total. The molecule has 2 aliphatic rings. The van der Waals surface area contributed by atoms with E-state index in [0.717, 1.165) is 44.2 Å². The first kappa shape index (κ1) is 11.8. The number of piperazine rings is 1. The number of hydrogen-bond donors (Lipinski definition) is 0. The van der Waals surface area contributed by atoms with Crippen molar-refractivity contribution >= 4 is 0 Å². The van der Waals surface area contributed by atoms with Crippen molar-refractivity contribution in [1.82, 2.24) is 9.80 Å². The van der Waals surface area contributed by atoms with Crippen LogP contribution in [-0.2, 0) is 0 Å². The number of para-hydroxylation sites is 2. The first-order valence-corrected chi connectivity index (χ1v) is 6.60. The van der Waals surface area contributed by atoms with Crippen LogP contribution in [0.1, 0.15) is 0 Å². The molecule has 98 valence electrons. The Kier molecular flexibility index (Phi) is 3.39. The predicted molar refractivity (Wildman–Crippen MR) is 70.3 cm³/mol. The molecule has 0 saturated carbocycles. The Morgan fingerprint density at radius 3 is 2.61 bits per heavy atom. The van der Waals surface area contributed by atoms with Crippen molar-refractivity contribution < 1.29 is 9.47 Å². The van der Waals surface area contributed by atoms with Gasteiger partial charge in [-0.05, 0) is 19.2 Å². The Labute approximate surface area is 108 Å². The third-order valence-corrected chi connectivity index (χ3v) is 3.63. The van der Waals surface area contributed by atoms with E-state index in [2.05, 4.69) is 16.8 Å². The van der Waals surface area contributed by atoms with E-state index in [1.54, 1.807) is 0 Å². The molecule has 0 radical (unpaired) electrons. The molecule has 1 aromatic carbocycles. The van der Waals surface area contributed by atoms with Crippen LogP contribution in [0.2, 0.25) is 0 Å². The van der Waals surface area contributed by atoms with E-state index in [0.29, 0.717) is 6.61 Å². The Bertz CT molecular complexity index is 403. The van der Waals surface area contributed by atoms with Gasteiger partial charge >= 0.3 is 0 Å². The third kappa shape index (κ3) is 2.60. The number of ether oxygens (including phenoxy) is 2. The second-order valence-electron chi connectivity index (χ2n) is 5.10. The Morgan fingerprint density at radius 2 is 1.83 bits per heavy atom. The minimum absolute atomic E-state index is 0.156. The highest BCUT2D eigenvalue weighted by atomic mass is 16.6. The van der Waals surface area contributed by atoms with Gasteiger partial charge in [0.15, 0.2) is 11.5 Å². The minimum atomic E-state index is 0.156. The molecular weight excluding hydrogens is 228 g/mol. The van der Waals surface area contributed by atoms with Crippen molar-refractivity contribution in [1.29, 1.82) is 0 Å². The van der Waals surface area contributed by atoms with Crippen LogP contribution in [-0.4, -0.2) is 62.3 Å².